The summed E-state index contributed by atoms with van der Waals surface area (Å²) in [7, 11) is 4.10. The van der Waals surface area contributed by atoms with Gasteiger partial charge in [0, 0.05) is 29.4 Å². The number of halogens is 1. The van der Waals surface area contributed by atoms with Crippen LogP contribution in [0.4, 0.5) is 11.4 Å². The Bertz CT molecular complexity index is 899. The van der Waals surface area contributed by atoms with E-state index < -0.39 is 0 Å². The Balaban J connectivity index is 0.00000225. The van der Waals surface area contributed by atoms with Gasteiger partial charge in [-0.05, 0) is 39.2 Å². The number of hydrogen-bond acceptors (Lipinski definition) is 5. The number of non-ortho nitro benzene ring substituents is 1. The van der Waals surface area contributed by atoms with Gasteiger partial charge in [-0.1, -0.05) is 18.2 Å². The van der Waals surface area contributed by atoms with Gasteiger partial charge < -0.3 is 10.2 Å². The summed E-state index contributed by atoms with van der Waals surface area (Å²) in [5, 5.41) is 16.5. The predicted octanol–water partition coefficient (Wildman–Crippen LogP) is 4.08. The van der Waals surface area contributed by atoms with Crippen LogP contribution in [0, 0.1) is 10.1 Å². The second-order valence-corrected chi connectivity index (χ2v) is 6.05. The SMILES string of the molecule is CN(C)CCCNc1c2ccccc2nc2cc([N+](=O)[O-])ccc12.Cl. The van der Waals surface area contributed by atoms with Crippen molar-refractivity contribution >= 4 is 45.6 Å². The van der Waals surface area contributed by atoms with Gasteiger partial charge in [0.05, 0.1) is 21.6 Å². The third-order valence-electron chi connectivity index (χ3n) is 3.96. The van der Waals surface area contributed by atoms with Crippen LogP contribution in [-0.4, -0.2) is 42.0 Å². The average Bonchev–Trinajstić information content (AvgIpc) is 2.56. The maximum atomic E-state index is 11.0. The molecule has 0 aliphatic rings. The first-order valence-corrected chi connectivity index (χ1v) is 7.92. The zero-order valence-corrected chi connectivity index (χ0v) is 15.0. The van der Waals surface area contributed by atoms with E-state index in [1.54, 1.807) is 6.07 Å². The molecule has 0 saturated carbocycles. The number of hydrogen-bond donors (Lipinski definition) is 1. The molecule has 0 amide bonds. The summed E-state index contributed by atoms with van der Waals surface area (Å²) in [6.45, 7) is 1.83. The number of nitrogens with one attached hydrogen (secondary N) is 1. The van der Waals surface area contributed by atoms with Crippen LogP contribution in [0.15, 0.2) is 42.5 Å². The molecule has 7 heteroatoms. The number of nitro groups is 1. The molecule has 0 unspecified atom stereocenters. The first-order valence-electron chi connectivity index (χ1n) is 7.92. The van der Waals surface area contributed by atoms with E-state index in [1.165, 1.54) is 12.1 Å². The first kappa shape index (κ1) is 18.9. The summed E-state index contributed by atoms with van der Waals surface area (Å²) in [6.07, 6.45) is 1.01. The van der Waals surface area contributed by atoms with E-state index in [0.717, 1.165) is 41.5 Å². The van der Waals surface area contributed by atoms with Crippen LogP contribution >= 0.6 is 12.4 Å². The van der Waals surface area contributed by atoms with Crippen LogP contribution in [0.25, 0.3) is 21.8 Å². The summed E-state index contributed by atoms with van der Waals surface area (Å²) in [5.74, 6) is 0. The number of fused-ring (bicyclic) bond motifs is 2. The van der Waals surface area contributed by atoms with E-state index >= 15 is 0 Å². The van der Waals surface area contributed by atoms with Gasteiger partial charge in [-0.25, -0.2) is 4.98 Å². The molecular weight excluding hydrogens is 340 g/mol. The summed E-state index contributed by atoms with van der Waals surface area (Å²) in [5.41, 5.74) is 2.52. The lowest BCUT2D eigenvalue weighted by atomic mass is 10.1. The van der Waals surface area contributed by atoms with E-state index in [4.69, 9.17) is 0 Å². The summed E-state index contributed by atoms with van der Waals surface area (Å²) in [6, 6.07) is 12.7. The molecule has 6 nitrogen and oxygen atoms in total. The second-order valence-electron chi connectivity index (χ2n) is 6.05. The minimum absolute atomic E-state index is 0. The van der Waals surface area contributed by atoms with Crippen LogP contribution in [0.2, 0.25) is 0 Å². The maximum absolute atomic E-state index is 11.0. The van der Waals surface area contributed by atoms with E-state index in [0.29, 0.717) is 5.52 Å². The van der Waals surface area contributed by atoms with Crippen molar-refractivity contribution in [1.29, 1.82) is 0 Å². The Kier molecular flexibility index (Phi) is 6.12. The third kappa shape index (κ3) is 4.15. The zero-order valence-electron chi connectivity index (χ0n) is 14.2. The van der Waals surface area contributed by atoms with E-state index in [2.05, 4.69) is 29.3 Å². The molecule has 0 spiro atoms. The molecule has 0 aliphatic heterocycles. The second kappa shape index (κ2) is 8.09. The highest BCUT2D eigenvalue weighted by molar-refractivity contribution is 6.07. The summed E-state index contributed by atoms with van der Waals surface area (Å²) < 4.78 is 0. The Morgan fingerprint density at radius 3 is 2.56 bits per heavy atom. The minimum Gasteiger partial charge on any atom is -0.384 e. The van der Waals surface area contributed by atoms with Gasteiger partial charge in [0.15, 0.2) is 0 Å². The number of nitrogens with zero attached hydrogens (tertiary/aromatic N) is 3. The van der Waals surface area contributed by atoms with Gasteiger partial charge in [0.2, 0.25) is 0 Å². The molecule has 3 rings (SSSR count). The van der Waals surface area contributed by atoms with Crippen molar-refractivity contribution in [1.82, 2.24) is 9.88 Å². The largest absolute Gasteiger partial charge is 0.384 e. The van der Waals surface area contributed by atoms with Crippen molar-refractivity contribution in [2.45, 2.75) is 6.42 Å². The van der Waals surface area contributed by atoms with Crippen LogP contribution in [0.3, 0.4) is 0 Å². The highest BCUT2D eigenvalue weighted by Gasteiger charge is 2.12. The number of aromatic nitrogens is 1. The quantitative estimate of drug-likeness (QED) is 0.310. The lowest BCUT2D eigenvalue weighted by Crippen LogP contribution is -2.16. The van der Waals surface area contributed by atoms with Crippen LogP contribution in [0.1, 0.15) is 6.42 Å². The molecule has 0 atom stereocenters. The minimum atomic E-state index is -0.388. The molecule has 0 fully saturated rings. The molecule has 1 heterocycles. The Labute approximate surface area is 152 Å². The molecule has 0 saturated heterocycles. The fourth-order valence-corrected chi connectivity index (χ4v) is 2.79. The van der Waals surface area contributed by atoms with Crippen molar-refractivity contribution in [3.63, 3.8) is 0 Å². The van der Waals surface area contributed by atoms with E-state index in [9.17, 15) is 10.1 Å². The number of nitro benzene ring substituents is 1. The van der Waals surface area contributed by atoms with Crippen molar-refractivity contribution in [2.75, 3.05) is 32.5 Å². The Morgan fingerprint density at radius 2 is 1.84 bits per heavy atom. The number of pyridine rings is 1. The smallest absolute Gasteiger partial charge is 0.271 e. The van der Waals surface area contributed by atoms with Crippen molar-refractivity contribution in [2.24, 2.45) is 0 Å². The number of rotatable bonds is 6. The molecule has 132 valence electrons. The van der Waals surface area contributed by atoms with Crippen LogP contribution < -0.4 is 5.32 Å². The average molecular weight is 361 g/mol. The molecule has 0 radical (unpaired) electrons. The molecular formula is C18H21ClN4O2. The molecule has 0 aliphatic carbocycles. The van der Waals surface area contributed by atoms with Crippen LogP contribution in [0.5, 0.6) is 0 Å². The fourth-order valence-electron chi connectivity index (χ4n) is 2.79. The number of anilines is 1. The van der Waals surface area contributed by atoms with Gasteiger partial charge in [0.1, 0.15) is 0 Å². The summed E-state index contributed by atoms with van der Waals surface area (Å²) in [4.78, 5) is 17.4. The topological polar surface area (TPSA) is 71.3 Å². The van der Waals surface area contributed by atoms with E-state index in [1.807, 2.05) is 24.3 Å². The fraction of sp³-hybridized carbons (Fsp3) is 0.278. The van der Waals surface area contributed by atoms with Gasteiger partial charge in [-0.15, -0.1) is 12.4 Å². The summed E-state index contributed by atoms with van der Waals surface area (Å²) >= 11 is 0. The highest BCUT2D eigenvalue weighted by Crippen LogP contribution is 2.32. The molecule has 2 aromatic carbocycles. The molecule has 0 bridgehead atoms. The molecule has 25 heavy (non-hydrogen) atoms. The zero-order chi connectivity index (χ0) is 17.1. The lowest BCUT2D eigenvalue weighted by Gasteiger charge is -2.14. The normalized spacial score (nSPS) is 10.8. The first-order chi connectivity index (χ1) is 11.6. The van der Waals surface area contributed by atoms with Gasteiger partial charge in [-0.2, -0.15) is 0 Å². The monoisotopic (exact) mass is 360 g/mol. The van der Waals surface area contributed by atoms with Crippen LogP contribution in [-0.2, 0) is 0 Å². The van der Waals surface area contributed by atoms with Gasteiger partial charge in [-0.3, -0.25) is 10.1 Å². The van der Waals surface area contributed by atoms with Gasteiger partial charge >= 0.3 is 0 Å². The van der Waals surface area contributed by atoms with Crippen molar-refractivity contribution in [3.8, 4) is 0 Å². The molecule has 1 N–H and O–H groups in total. The third-order valence-corrected chi connectivity index (χ3v) is 3.96. The standard InChI is InChI=1S/C18H20N4O2.ClH/c1-21(2)11-5-10-19-18-14-6-3-4-7-16(14)20-17-12-13(22(23)24)8-9-15(17)18;/h3-4,6-9,12H,5,10-11H2,1-2H3,(H,19,20);1H. The molecule has 1 aromatic heterocycles. The lowest BCUT2D eigenvalue weighted by molar-refractivity contribution is -0.384. The van der Waals surface area contributed by atoms with Crippen molar-refractivity contribution < 1.29 is 4.92 Å². The number of benzene rings is 2. The Hall–Kier alpha value is -2.44. The maximum Gasteiger partial charge on any atom is 0.271 e. The number of para-hydroxylation sites is 1. The van der Waals surface area contributed by atoms with E-state index in [-0.39, 0.29) is 23.0 Å². The predicted molar refractivity (Wildman–Crippen MR) is 105 cm³/mol. The molecule has 3 aromatic rings. The highest BCUT2D eigenvalue weighted by atomic mass is 35.5. The Morgan fingerprint density at radius 1 is 1.12 bits per heavy atom. The van der Waals surface area contributed by atoms with Gasteiger partial charge in [0.25, 0.3) is 5.69 Å². The van der Waals surface area contributed by atoms with Crippen molar-refractivity contribution in [3.05, 3.63) is 52.6 Å².